The first kappa shape index (κ1) is 18.4. The van der Waals surface area contributed by atoms with Crippen molar-refractivity contribution in [2.24, 2.45) is 0 Å². The van der Waals surface area contributed by atoms with E-state index in [-0.39, 0.29) is 0 Å². The molecular weight excluding hydrogens is 420 g/mol. The van der Waals surface area contributed by atoms with E-state index in [4.69, 9.17) is 0 Å². The van der Waals surface area contributed by atoms with Gasteiger partial charge in [-0.2, -0.15) is 10.2 Å². The van der Waals surface area contributed by atoms with Gasteiger partial charge in [0.25, 0.3) is 0 Å². The Labute approximate surface area is 178 Å². The smallest absolute Gasteiger partial charge is 0.191 e. The van der Waals surface area contributed by atoms with Gasteiger partial charge in [0.05, 0.1) is 22.8 Å². The van der Waals surface area contributed by atoms with Crippen molar-refractivity contribution in [1.82, 2.24) is 40.3 Å². The first-order valence-corrected chi connectivity index (χ1v) is 10.8. The van der Waals surface area contributed by atoms with E-state index in [1.54, 1.807) is 35.1 Å². The predicted octanol–water partition coefficient (Wildman–Crippen LogP) is 3.39. The molecule has 0 radical (unpaired) electrons. The highest BCUT2D eigenvalue weighted by Crippen LogP contribution is 2.22. The topological polar surface area (TPSA) is 133 Å². The van der Waals surface area contributed by atoms with Crippen LogP contribution < -0.4 is 10.6 Å². The molecule has 0 fully saturated rings. The zero-order valence-corrected chi connectivity index (χ0v) is 17.2. The molecule has 5 aromatic heterocycles. The number of thiophene rings is 2. The molecule has 150 valence electrons. The van der Waals surface area contributed by atoms with E-state index >= 15 is 0 Å². The maximum atomic E-state index is 4.51. The number of hydrogen-bond acceptors (Lipinski definition) is 10. The molecular formula is C18H16N10S2. The number of anilines is 2. The van der Waals surface area contributed by atoms with Crippen LogP contribution in [0.3, 0.4) is 0 Å². The molecule has 0 amide bonds. The summed E-state index contributed by atoms with van der Waals surface area (Å²) in [7, 11) is 0. The van der Waals surface area contributed by atoms with E-state index in [0.29, 0.717) is 48.0 Å². The quantitative estimate of drug-likeness (QED) is 0.291. The Morgan fingerprint density at radius 2 is 1.23 bits per heavy atom. The van der Waals surface area contributed by atoms with E-state index in [0.717, 1.165) is 9.75 Å². The first-order valence-electron chi connectivity index (χ1n) is 9.04. The van der Waals surface area contributed by atoms with Gasteiger partial charge in [0.15, 0.2) is 23.3 Å². The number of hydrogen-bond donors (Lipinski definition) is 4. The number of nitrogens with one attached hydrogen (secondary N) is 4. The van der Waals surface area contributed by atoms with E-state index in [2.05, 4.69) is 51.0 Å². The molecule has 0 bridgehead atoms. The van der Waals surface area contributed by atoms with E-state index in [1.165, 1.54) is 0 Å². The fraction of sp³-hybridized carbons (Fsp3) is 0.111. The largest absolute Gasteiger partial charge is 0.360 e. The molecule has 0 aliphatic rings. The normalized spacial score (nSPS) is 10.9. The van der Waals surface area contributed by atoms with Crippen LogP contribution in [0.1, 0.15) is 11.6 Å². The summed E-state index contributed by atoms with van der Waals surface area (Å²) in [5.74, 6) is 4.03. The zero-order valence-electron chi connectivity index (χ0n) is 15.5. The lowest BCUT2D eigenvalue weighted by molar-refractivity contribution is 0.929. The van der Waals surface area contributed by atoms with Crippen LogP contribution in [-0.2, 0) is 13.1 Å². The van der Waals surface area contributed by atoms with Crippen LogP contribution >= 0.6 is 22.7 Å². The number of rotatable bonds is 8. The van der Waals surface area contributed by atoms with Crippen molar-refractivity contribution in [2.75, 3.05) is 10.6 Å². The second-order valence-electron chi connectivity index (χ2n) is 6.13. The summed E-state index contributed by atoms with van der Waals surface area (Å²) in [6.07, 6.45) is 3.27. The molecule has 0 aliphatic heterocycles. The Bertz CT molecular complexity index is 1110. The summed E-state index contributed by atoms with van der Waals surface area (Å²) in [6.45, 7) is 0.882. The van der Waals surface area contributed by atoms with Gasteiger partial charge in [-0.15, -0.1) is 22.7 Å². The van der Waals surface area contributed by atoms with Gasteiger partial charge in [0, 0.05) is 12.4 Å². The van der Waals surface area contributed by atoms with Crippen LogP contribution in [0.25, 0.3) is 21.4 Å². The fourth-order valence-electron chi connectivity index (χ4n) is 2.71. The molecule has 0 saturated heterocycles. The number of nitrogens with zero attached hydrogens (tertiary/aromatic N) is 6. The standard InChI is InChI=1S/C18H16N10S2/c1-3-11(29-7-1)15-23-13(25-27-15)9-21-17-18(20-6-5-19-17)22-10-14-24-16(28-26-14)12-4-2-8-30-12/h1-8H,9-10H2,(H,19,21)(H,20,22)(H,23,25,27)(H,24,26,28). The lowest BCUT2D eigenvalue weighted by atomic mass is 10.4. The highest BCUT2D eigenvalue weighted by Gasteiger charge is 2.11. The third-order valence-electron chi connectivity index (χ3n) is 4.09. The monoisotopic (exact) mass is 436 g/mol. The molecule has 0 saturated carbocycles. The molecule has 0 unspecified atom stereocenters. The molecule has 10 nitrogen and oxygen atoms in total. The third-order valence-corrected chi connectivity index (χ3v) is 5.82. The molecule has 5 heterocycles. The minimum Gasteiger partial charge on any atom is -0.360 e. The summed E-state index contributed by atoms with van der Waals surface area (Å²) in [5, 5.41) is 24.9. The van der Waals surface area contributed by atoms with Crippen molar-refractivity contribution < 1.29 is 0 Å². The third kappa shape index (κ3) is 4.04. The van der Waals surface area contributed by atoms with Gasteiger partial charge in [-0.05, 0) is 22.9 Å². The SMILES string of the molecule is c1csc(-c2n[nH]c(CNc3nccnc3NCc3nc(-c4cccs4)n[nH]3)n2)c1. The van der Waals surface area contributed by atoms with E-state index in [1.807, 2.05) is 35.0 Å². The molecule has 5 rings (SSSR count). The minimum atomic E-state index is 0.441. The fourth-order valence-corrected chi connectivity index (χ4v) is 4.03. The van der Waals surface area contributed by atoms with E-state index < -0.39 is 0 Å². The van der Waals surface area contributed by atoms with Crippen LogP contribution in [0.5, 0.6) is 0 Å². The number of aromatic nitrogens is 8. The van der Waals surface area contributed by atoms with Crippen LogP contribution in [0.15, 0.2) is 47.4 Å². The summed E-state index contributed by atoms with van der Waals surface area (Å²) >= 11 is 3.20. The number of aromatic amines is 2. The van der Waals surface area contributed by atoms with E-state index in [9.17, 15) is 0 Å². The van der Waals surface area contributed by atoms with Crippen LogP contribution in [0, 0.1) is 0 Å². The molecule has 30 heavy (non-hydrogen) atoms. The van der Waals surface area contributed by atoms with Gasteiger partial charge in [-0.3, -0.25) is 10.2 Å². The van der Waals surface area contributed by atoms with Gasteiger partial charge in [-0.1, -0.05) is 12.1 Å². The van der Waals surface area contributed by atoms with Crippen molar-refractivity contribution in [3.05, 3.63) is 59.1 Å². The van der Waals surface area contributed by atoms with Gasteiger partial charge in [0.1, 0.15) is 11.6 Å². The van der Waals surface area contributed by atoms with Crippen LogP contribution in [0.2, 0.25) is 0 Å². The Balaban J connectivity index is 1.22. The summed E-state index contributed by atoms with van der Waals surface area (Å²) in [4.78, 5) is 19.8. The van der Waals surface area contributed by atoms with Crippen LogP contribution in [0.4, 0.5) is 11.6 Å². The van der Waals surface area contributed by atoms with Gasteiger partial charge >= 0.3 is 0 Å². The van der Waals surface area contributed by atoms with Crippen LogP contribution in [-0.4, -0.2) is 40.3 Å². The average molecular weight is 437 g/mol. The Kier molecular flexibility index (Phi) is 5.14. The first-order chi connectivity index (χ1) is 14.8. The maximum absolute atomic E-state index is 4.51. The predicted molar refractivity (Wildman–Crippen MR) is 116 cm³/mol. The van der Waals surface area contributed by atoms with Crippen molar-refractivity contribution in [2.45, 2.75) is 13.1 Å². The second kappa shape index (κ2) is 8.39. The highest BCUT2D eigenvalue weighted by molar-refractivity contribution is 7.13. The highest BCUT2D eigenvalue weighted by atomic mass is 32.1. The Morgan fingerprint density at radius 1 is 0.733 bits per heavy atom. The van der Waals surface area contributed by atoms with Gasteiger partial charge in [-0.25, -0.2) is 19.9 Å². The molecule has 0 atom stereocenters. The molecule has 4 N–H and O–H groups in total. The molecule has 5 aromatic rings. The Hall–Kier alpha value is -3.64. The summed E-state index contributed by atoms with van der Waals surface area (Å²) in [6, 6.07) is 7.93. The molecule has 0 aliphatic carbocycles. The molecule has 0 spiro atoms. The summed E-state index contributed by atoms with van der Waals surface area (Å²) in [5.41, 5.74) is 0. The maximum Gasteiger partial charge on any atom is 0.191 e. The lowest BCUT2D eigenvalue weighted by Crippen LogP contribution is -2.10. The van der Waals surface area contributed by atoms with Crippen molar-refractivity contribution in [3.63, 3.8) is 0 Å². The van der Waals surface area contributed by atoms with Crippen molar-refractivity contribution >= 4 is 34.3 Å². The minimum absolute atomic E-state index is 0.441. The molecule has 12 heteroatoms. The lowest BCUT2D eigenvalue weighted by Gasteiger charge is -2.09. The molecule has 0 aromatic carbocycles. The second-order valence-corrected chi connectivity index (χ2v) is 8.02. The zero-order chi connectivity index (χ0) is 20.2. The summed E-state index contributed by atoms with van der Waals surface area (Å²) < 4.78 is 0. The van der Waals surface area contributed by atoms with Crippen molar-refractivity contribution in [3.8, 4) is 21.4 Å². The van der Waals surface area contributed by atoms with Gasteiger partial charge < -0.3 is 10.6 Å². The Morgan fingerprint density at radius 3 is 1.67 bits per heavy atom. The van der Waals surface area contributed by atoms with Gasteiger partial charge in [0.2, 0.25) is 0 Å². The number of H-pyrrole nitrogens is 2. The average Bonchev–Trinajstić information content (AvgIpc) is 3.57. The van der Waals surface area contributed by atoms with Crippen molar-refractivity contribution in [1.29, 1.82) is 0 Å².